The maximum absolute atomic E-state index is 11.3. The Balaban J connectivity index is 2.97. The van der Waals surface area contributed by atoms with Crippen molar-refractivity contribution in [2.75, 3.05) is 18.6 Å². The monoisotopic (exact) mass is 326 g/mol. The minimum Gasteiger partial charge on any atom is -0.492 e. The van der Waals surface area contributed by atoms with E-state index < -0.39 is 18.9 Å². The van der Waals surface area contributed by atoms with Gasteiger partial charge in [0.25, 0.3) is 9.05 Å². The van der Waals surface area contributed by atoms with Gasteiger partial charge in [-0.05, 0) is 37.1 Å². The number of sulfone groups is 1. The largest absolute Gasteiger partial charge is 0.492 e. The minimum absolute atomic E-state index is 0.0199. The molecule has 1 rings (SSSR count). The van der Waals surface area contributed by atoms with E-state index in [1.165, 1.54) is 12.1 Å². The maximum atomic E-state index is 11.3. The normalized spacial score (nSPS) is 12.4. The van der Waals surface area contributed by atoms with E-state index in [4.69, 9.17) is 15.4 Å². The third kappa shape index (κ3) is 5.00. The van der Waals surface area contributed by atoms with E-state index >= 15 is 0 Å². The maximum Gasteiger partial charge on any atom is 0.261 e. The molecular formula is C11H15ClO5S2. The molecule has 0 saturated carbocycles. The Morgan fingerprint density at radius 1 is 1.11 bits per heavy atom. The van der Waals surface area contributed by atoms with E-state index in [1.54, 1.807) is 13.8 Å². The first kappa shape index (κ1) is 16.3. The lowest BCUT2D eigenvalue weighted by Gasteiger charge is -2.11. The molecule has 1 aromatic rings. The first-order valence-corrected chi connectivity index (χ1v) is 9.74. The fraction of sp³-hybridized carbons (Fsp3) is 0.455. The Hall–Kier alpha value is -0.790. The zero-order valence-corrected chi connectivity index (χ0v) is 13.2. The Morgan fingerprint density at radius 3 is 2.16 bits per heavy atom. The number of hydrogen-bond donors (Lipinski definition) is 0. The van der Waals surface area contributed by atoms with Gasteiger partial charge in [-0.2, -0.15) is 0 Å². The number of halogens is 1. The van der Waals surface area contributed by atoms with Crippen LogP contribution in [0.1, 0.15) is 11.1 Å². The molecule has 0 aliphatic carbocycles. The molecule has 1 aromatic carbocycles. The zero-order chi connectivity index (χ0) is 14.8. The van der Waals surface area contributed by atoms with Crippen LogP contribution in [-0.2, 0) is 18.9 Å². The Bertz CT molecular complexity index is 677. The van der Waals surface area contributed by atoms with Crippen LogP contribution in [0.2, 0.25) is 0 Å². The molecule has 5 nitrogen and oxygen atoms in total. The highest BCUT2D eigenvalue weighted by Crippen LogP contribution is 2.27. The molecule has 0 atom stereocenters. The molecule has 0 fully saturated rings. The number of rotatable bonds is 5. The van der Waals surface area contributed by atoms with Crippen molar-refractivity contribution in [3.63, 3.8) is 0 Å². The molecule has 19 heavy (non-hydrogen) atoms. The number of ether oxygens (including phenoxy) is 1. The van der Waals surface area contributed by atoms with Crippen LogP contribution in [-0.4, -0.2) is 35.5 Å². The second-order valence-corrected chi connectivity index (χ2v) is 9.09. The molecule has 0 aromatic heterocycles. The van der Waals surface area contributed by atoms with E-state index in [0.29, 0.717) is 16.9 Å². The highest BCUT2D eigenvalue weighted by molar-refractivity contribution is 8.13. The summed E-state index contributed by atoms with van der Waals surface area (Å²) < 4.78 is 49.9. The number of aryl methyl sites for hydroxylation is 2. The molecule has 0 amide bonds. The van der Waals surface area contributed by atoms with Gasteiger partial charge in [0.15, 0.2) is 9.84 Å². The standard InChI is InChI=1S/C11H15ClO5S2/c1-8-7-11(19(12,15)16)9(2)6-10(8)17-4-5-18(3,13)14/h6-7H,4-5H2,1-3H3. The van der Waals surface area contributed by atoms with Crippen molar-refractivity contribution in [1.82, 2.24) is 0 Å². The number of benzene rings is 1. The summed E-state index contributed by atoms with van der Waals surface area (Å²) in [5, 5.41) is 0. The van der Waals surface area contributed by atoms with Crippen LogP contribution in [0.4, 0.5) is 0 Å². The lowest BCUT2D eigenvalue weighted by atomic mass is 10.1. The van der Waals surface area contributed by atoms with Crippen molar-refractivity contribution >= 4 is 29.6 Å². The molecule has 0 heterocycles. The average molecular weight is 327 g/mol. The van der Waals surface area contributed by atoms with Gasteiger partial charge < -0.3 is 4.74 Å². The summed E-state index contributed by atoms with van der Waals surface area (Å²) in [4.78, 5) is 0.0297. The summed E-state index contributed by atoms with van der Waals surface area (Å²) in [6, 6.07) is 2.94. The second-order valence-electron chi connectivity index (χ2n) is 4.30. The van der Waals surface area contributed by atoms with Crippen LogP contribution in [0.5, 0.6) is 5.75 Å². The average Bonchev–Trinajstić information content (AvgIpc) is 2.19. The first-order valence-electron chi connectivity index (χ1n) is 5.37. The van der Waals surface area contributed by atoms with Crippen molar-refractivity contribution in [3.05, 3.63) is 23.3 Å². The molecule has 0 bridgehead atoms. The minimum atomic E-state index is -3.80. The van der Waals surface area contributed by atoms with E-state index in [0.717, 1.165) is 6.26 Å². The molecule has 0 aliphatic rings. The van der Waals surface area contributed by atoms with Gasteiger partial charge in [0.2, 0.25) is 0 Å². The second kappa shape index (κ2) is 5.68. The van der Waals surface area contributed by atoms with Crippen molar-refractivity contribution in [2.24, 2.45) is 0 Å². The molecule has 108 valence electrons. The van der Waals surface area contributed by atoms with E-state index in [-0.39, 0.29) is 17.3 Å². The highest BCUT2D eigenvalue weighted by Gasteiger charge is 2.16. The first-order chi connectivity index (χ1) is 8.50. The Labute approximate surface area is 117 Å². The van der Waals surface area contributed by atoms with Gasteiger partial charge >= 0.3 is 0 Å². The van der Waals surface area contributed by atoms with Crippen LogP contribution in [0.15, 0.2) is 17.0 Å². The van der Waals surface area contributed by atoms with E-state index in [2.05, 4.69) is 0 Å². The van der Waals surface area contributed by atoms with E-state index in [1.807, 2.05) is 0 Å². The summed E-state index contributed by atoms with van der Waals surface area (Å²) in [6.07, 6.45) is 1.12. The molecule has 8 heteroatoms. The van der Waals surface area contributed by atoms with Crippen LogP contribution < -0.4 is 4.74 Å². The fourth-order valence-corrected chi connectivity index (χ4v) is 3.13. The van der Waals surface area contributed by atoms with Gasteiger partial charge in [0.1, 0.15) is 12.4 Å². The molecule has 0 N–H and O–H groups in total. The van der Waals surface area contributed by atoms with Gasteiger partial charge in [-0.15, -0.1) is 0 Å². The third-order valence-corrected chi connectivity index (χ3v) is 4.82. The van der Waals surface area contributed by atoms with Crippen molar-refractivity contribution < 1.29 is 21.6 Å². The van der Waals surface area contributed by atoms with E-state index in [9.17, 15) is 16.8 Å². The third-order valence-electron chi connectivity index (χ3n) is 2.45. The number of hydrogen-bond acceptors (Lipinski definition) is 5. The van der Waals surface area contributed by atoms with Gasteiger partial charge in [-0.25, -0.2) is 16.8 Å². The van der Waals surface area contributed by atoms with Crippen LogP contribution in [0.3, 0.4) is 0 Å². The summed E-state index contributed by atoms with van der Waals surface area (Å²) in [5.74, 6) is 0.353. The summed E-state index contributed by atoms with van der Waals surface area (Å²) in [6.45, 7) is 3.28. The predicted octanol–water partition coefficient (Wildman–Crippen LogP) is 1.65. The molecule has 0 saturated heterocycles. The topological polar surface area (TPSA) is 77.5 Å². The smallest absolute Gasteiger partial charge is 0.261 e. The Morgan fingerprint density at radius 2 is 1.68 bits per heavy atom. The van der Waals surface area contributed by atoms with Gasteiger partial charge in [0, 0.05) is 16.9 Å². The van der Waals surface area contributed by atoms with Gasteiger partial charge in [-0.1, -0.05) is 0 Å². The van der Waals surface area contributed by atoms with Crippen LogP contribution >= 0.6 is 10.7 Å². The molecule has 0 unspecified atom stereocenters. The van der Waals surface area contributed by atoms with Gasteiger partial charge in [0.05, 0.1) is 10.6 Å². The lowest BCUT2D eigenvalue weighted by Crippen LogP contribution is -2.12. The molecule has 0 spiro atoms. The Kier molecular flexibility index (Phi) is 4.86. The predicted molar refractivity (Wildman–Crippen MR) is 74.2 cm³/mol. The highest BCUT2D eigenvalue weighted by atomic mass is 35.7. The lowest BCUT2D eigenvalue weighted by molar-refractivity contribution is 0.338. The summed E-state index contributed by atoms with van der Waals surface area (Å²) >= 11 is 0. The summed E-state index contributed by atoms with van der Waals surface area (Å²) in [5.41, 5.74) is 1.04. The zero-order valence-electron chi connectivity index (χ0n) is 10.8. The van der Waals surface area contributed by atoms with Crippen molar-refractivity contribution in [2.45, 2.75) is 18.7 Å². The molecular weight excluding hydrogens is 312 g/mol. The molecule has 0 aliphatic heterocycles. The quantitative estimate of drug-likeness (QED) is 0.769. The molecule has 0 radical (unpaired) electrons. The van der Waals surface area contributed by atoms with Gasteiger partial charge in [-0.3, -0.25) is 0 Å². The van der Waals surface area contributed by atoms with Crippen LogP contribution in [0.25, 0.3) is 0 Å². The van der Waals surface area contributed by atoms with Crippen molar-refractivity contribution in [3.8, 4) is 5.75 Å². The fourth-order valence-electron chi connectivity index (χ4n) is 1.48. The SMILES string of the molecule is Cc1cc(S(=O)(=O)Cl)c(C)cc1OCCS(C)(=O)=O. The van der Waals surface area contributed by atoms with Crippen molar-refractivity contribution in [1.29, 1.82) is 0 Å². The summed E-state index contributed by atoms with van der Waals surface area (Å²) in [7, 11) is -1.58. The van der Waals surface area contributed by atoms with Crippen LogP contribution in [0, 0.1) is 13.8 Å².